The first-order chi connectivity index (χ1) is 18.3. The number of aliphatic hydroxyl groups is 1. The van der Waals surface area contributed by atoms with Gasteiger partial charge in [-0.2, -0.15) is 0 Å². The maximum Gasteiger partial charge on any atom is 0.273 e. The van der Waals surface area contributed by atoms with Crippen molar-refractivity contribution in [1.29, 1.82) is 0 Å². The fourth-order valence-electron chi connectivity index (χ4n) is 5.40. The number of nitrogens with two attached hydrogens (primary N) is 1. The van der Waals surface area contributed by atoms with E-state index in [0.717, 1.165) is 64.1 Å². The number of carbonyl (C=O) groups is 1. The van der Waals surface area contributed by atoms with Gasteiger partial charge >= 0.3 is 0 Å². The van der Waals surface area contributed by atoms with Crippen molar-refractivity contribution in [2.45, 2.75) is 44.8 Å². The van der Waals surface area contributed by atoms with Crippen LogP contribution in [0.5, 0.6) is 11.5 Å². The zero-order chi connectivity index (χ0) is 27.2. The lowest BCUT2D eigenvalue weighted by Gasteiger charge is -2.47. The van der Waals surface area contributed by atoms with Crippen LogP contribution in [0.25, 0.3) is 0 Å². The molecule has 2 aliphatic rings. The van der Waals surface area contributed by atoms with Crippen molar-refractivity contribution in [1.82, 2.24) is 25.1 Å². The molecule has 0 aliphatic carbocycles. The number of nitrogens with zero attached hydrogens (tertiary/aromatic N) is 5. The summed E-state index contributed by atoms with van der Waals surface area (Å²) in [5.74, 6) is 0.932. The Hall–Kier alpha value is -2.86. The Bertz CT molecular complexity index is 1110. The molecule has 1 aromatic carbocycles. The molecule has 3 heterocycles. The Morgan fingerprint density at radius 1 is 1.24 bits per heavy atom. The number of rotatable bonds is 9. The highest BCUT2D eigenvalue weighted by molar-refractivity contribution is 6.32. The first-order valence-electron chi connectivity index (χ1n) is 13.2. The van der Waals surface area contributed by atoms with E-state index in [9.17, 15) is 9.90 Å². The van der Waals surface area contributed by atoms with Gasteiger partial charge in [0.25, 0.3) is 5.91 Å². The molecule has 0 unspecified atom stereocenters. The number of benzene rings is 1. The molecule has 4 rings (SSSR count). The number of likely N-dealkylation sites (tertiary alicyclic amines) is 1. The summed E-state index contributed by atoms with van der Waals surface area (Å²) in [7, 11) is 1.60. The van der Waals surface area contributed by atoms with Gasteiger partial charge in [0.1, 0.15) is 11.5 Å². The minimum absolute atomic E-state index is 0.0191. The number of hydrogen-bond donors (Lipinski definition) is 4. The number of hydrogen-bond acceptors (Lipinski definition) is 10. The van der Waals surface area contributed by atoms with Crippen LogP contribution in [0.3, 0.4) is 0 Å². The van der Waals surface area contributed by atoms with Crippen LogP contribution in [0, 0.1) is 0 Å². The molecule has 2 aromatic rings. The largest absolute Gasteiger partial charge is 0.507 e. The van der Waals surface area contributed by atoms with E-state index in [1.54, 1.807) is 13.2 Å². The monoisotopic (exact) mass is 547 g/mol. The Morgan fingerprint density at radius 3 is 2.66 bits per heavy atom. The number of nitrogens with one attached hydrogen (secondary N) is 1. The smallest absolute Gasteiger partial charge is 0.273 e. The highest BCUT2D eigenvalue weighted by atomic mass is 35.5. The molecular weight excluding hydrogens is 510 g/mol. The molecule has 2 aliphatic heterocycles. The third-order valence-electron chi connectivity index (χ3n) is 7.49. The van der Waals surface area contributed by atoms with E-state index < -0.39 is 5.91 Å². The molecule has 12 heteroatoms. The van der Waals surface area contributed by atoms with Crippen LogP contribution in [0.15, 0.2) is 18.2 Å². The molecule has 0 radical (unpaired) electrons. The summed E-state index contributed by atoms with van der Waals surface area (Å²) in [6.07, 6.45) is 3.12. The molecule has 1 aromatic heterocycles. The zero-order valence-corrected chi connectivity index (χ0v) is 22.8. The Kier molecular flexibility index (Phi) is 9.48. The SMILES string of the molecule is CC[C@H]1CN(c2nc(N)c(C(=O)NCCO)nc2Cl)CCN1C1CCN(Cc2ccc(OC)cc2O)CC1. The van der Waals surface area contributed by atoms with Gasteiger partial charge in [-0.15, -0.1) is 0 Å². The predicted octanol–water partition coefficient (Wildman–Crippen LogP) is 1.71. The van der Waals surface area contributed by atoms with Crippen molar-refractivity contribution in [3.63, 3.8) is 0 Å². The van der Waals surface area contributed by atoms with E-state index in [2.05, 4.69) is 36.9 Å². The maximum atomic E-state index is 12.2. The number of anilines is 2. The van der Waals surface area contributed by atoms with Crippen molar-refractivity contribution in [3.8, 4) is 11.5 Å². The van der Waals surface area contributed by atoms with Crippen LogP contribution in [0.4, 0.5) is 11.6 Å². The van der Waals surface area contributed by atoms with Gasteiger partial charge < -0.3 is 30.9 Å². The van der Waals surface area contributed by atoms with Crippen molar-refractivity contribution in [2.24, 2.45) is 0 Å². The minimum atomic E-state index is -0.512. The van der Waals surface area contributed by atoms with E-state index in [0.29, 0.717) is 23.7 Å². The van der Waals surface area contributed by atoms with Crippen LogP contribution < -0.4 is 20.7 Å². The number of phenolic OH excluding ortho intramolecular Hbond substituents is 1. The van der Waals surface area contributed by atoms with E-state index >= 15 is 0 Å². The molecule has 208 valence electrons. The average Bonchev–Trinajstić information content (AvgIpc) is 2.93. The maximum absolute atomic E-state index is 12.2. The summed E-state index contributed by atoms with van der Waals surface area (Å²) in [5.41, 5.74) is 6.93. The number of piperidine rings is 1. The summed E-state index contributed by atoms with van der Waals surface area (Å²) < 4.78 is 5.19. The topological polar surface area (TPSA) is 140 Å². The molecular formula is C26H38ClN7O4. The Labute approximate surface area is 228 Å². The molecule has 0 saturated carbocycles. The standard InChI is InChI=1S/C26H38ClN7O4/c1-3-18-16-33(25-23(27)30-22(24(28)31-25)26(37)29-8-13-35)11-12-34(18)19-6-9-32(10-7-19)15-17-4-5-20(38-2)14-21(17)36/h4-5,14,18-19,35-36H,3,6-13,15-16H2,1-2H3,(H2,28,31)(H,29,37)/t18-/m0/s1. The van der Waals surface area contributed by atoms with Crippen molar-refractivity contribution in [2.75, 3.05) is 63.6 Å². The predicted molar refractivity (Wildman–Crippen MR) is 147 cm³/mol. The summed E-state index contributed by atoms with van der Waals surface area (Å²) in [6, 6.07) is 6.31. The molecule has 5 N–H and O–H groups in total. The van der Waals surface area contributed by atoms with Crippen molar-refractivity contribution in [3.05, 3.63) is 34.6 Å². The van der Waals surface area contributed by atoms with Gasteiger partial charge in [-0.3, -0.25) is 14.6 Å². The van der Waals surface area contributed by atoms with Gasteiger partial charge in [-0.05, 0) is 38.4 Å². The fraction of sp³-hybridized carbons (Fsp3) is 0.577. The third-order valence-corrected chi connectivity index (χ3v) is 7.74. The van der Waals surface area contributed by atoms with Crippen LogP contribution in [-0.4, -0.2) is 101 Å². The lowest BCUT2D eigenvalue weighted by atomic mass is 9.97. The highest BCUT2D eigenvalue weighted by Crippen LogP contribution is 2.31. The molecule has 38 heavy (non-hydrogen) atoms. The number of methoxy groups -OCH3 is 1. The van der Waals surface area contributed by atoms with Crippen LogP contribution in [0.2, 0.25) is 5.15 Å². The number of halogens is 1. The lowest BCUT2D eigenvalue weighted by molar-refractivity contribution is 0.0608. The Balaban J connectivity index is 1.35. The van der Waals surface area contributed by atoms with E-state index in [-0.39, 0.29) is 35.6 Å². The second-order valence-electron chi connectivity index (χ2n) is 9.80. The Morgan fingerprint density at radius 2 is 2.00 bits per heavy atom. The fourth-order valence-corrected chi connectivity index (χ4v) is 5.65. The lowest BCUT2D eigenvalue weighted by Crippen LogP contribution is -2.58. The quantitative estimate of drug-likeness (QED) is 0.366. The number of ether oxygens (including phenoxy) is 1. The summed E-state index contributed by atoms with van der Waals surface area (Å²) in [5, 5.41) is 21.9. The molecule has 1 amide bonds. The number of nitrogen functional groups attached to an aromatic ring is 1. The number of aliphatic hydroxyl groups excluding tert-OH is 1. The molecule has 2 fully saturated rings. The van der Waals surface area contributed by atoms with Crippen LogP contribution >= 0.6 is 11.6 Å². The number of phenols is 1. The molecule has 11 nitrogen and oxygen atoms in total. The number of aromatic hydroxyl groups is 1. The van der Waals surface area contributed by atoms with Gasteiger partial charge in [0.2, 0.25) is 0 Å². The van der Waals surface area contributed by atoms with E-state index in [1.807, 2.05) is 12.1 Å². The first-order valence-corrected chi connectivity index (χ1v) is 13.5. The second kappa shape index (κ2) is 12.8. The second-order valence-corrected chi connectivity index (χ2v) is 10.2. The number of amides is 1. The number of aromatic nitrogens is 2. The highest BCUT2D eigenvalue weighted by Gasteiger charge is 2.34. The summed E-state index contributed by atoms with van der Waals surface area (Å²) in [6.45, 7) is 7.14. The number of carbonyl (C=O) groups excluding carboxylic acids is 1. The van der Waals surface area contributed by atoms with E-state index in [1.165, 1.54) is 0 Å². The van der Waals surface area contributed by atoms with Crippen LogP contribution in [-0.2, 0) is 6.54 Å². The summed E-state index contributed by atoms with van der Waals surface area (Å²) in [4.78, 5) is 28.0. The zero-order valence-electron chi connectivity index (χ0n) is 22.1. The normalized spacial score (nSPS) is 19.5. The first kappa shape index (κ1) is 28.2. The van der Waals surface area contributed by atoms with Gasteiger partial charge in [0.05, 0.1) is 13.7 Å². The van der Waals surface area contributed by atoms with Crippen molar-refractivity contribution < 1.29 is 19.7 Å². The minimum Gasteiger partial charge on any atom is -0.507 e. The van der Waals surface area contributed by atoms with E-state index in [4.69, 9.17) is 27.2 Å². The average molecular weight is 548 g/mol. The molecule has 2 saturated heterocycles. The summed E-state index contributed by atoms with van der Waals surface area (Å²) >= 11 is 6.46. The number of piperazine rings is 1. The molecule has 0 spiro atoms. The molecule has 1 atom stereocenters. The van der Waals surface area contributed by atoms with Gasteiger partial charge in [0, 0.05) is 56.4 Å². The van der Waals surface area contributed by atoms with Gasteiger partial charge in [-0.1, -0.05) is 24.6 Å². The molecule has 0 bridgehead atoms. The third kappa shape index (κ3) is 6.40. The van der Waals surface area contributed by atoms with Gasteiger partial charge in [0.15, 0.2) is 22.5 Å². The van der Waals surface area contributed by atoms with Crippen LogP contribution in [0.1, 0.15) is 42.2 Å². The van der Waals surface area contributed by atoms with Gasteiger partial charge in [-0.25, -0.2) is 9.97 Å². The van der Waals surface area contributed by atoms with Crippen molar-refractivity contribution >= 4 is 29.1 Å².